The Bertz CT molecular complexity index is 205. The maximum Gasteiger partial charge on any atom is 0.317 e. The smallest absolute Gasteiger partial charge is 0.317 e. The molecule has 5 nitrogen and oxygen atoms in total. The molecule has 0 spiro atoms. The lowest BCUT2D eigenvalue weighted by Gasteiger charge is -2.30. The largest absolute Gasteiger partial charge is 0.480 e. The first kappa shape index (κ1) is 8.99. The summed E-state index contributed by atoms with van der Waals surface area (Å²) in [5, 5.41) is 8.45. The molecule has 1 N–H and O–H groups in total. The molecule has 1 rings (SSSR count). The highest BCUT2D eigenvalue weighted by Gasteiger charge is 2.21. The van der Waals surface area contributed by atoms with Crippen molar-refractivity contribution in [3.63, 3.8) is 0 Å². The molecule has 0 bridgehead atoms. The Morgan fingerprint density at radius 1 is 1.58 bits per heavy atom. The molecule has 68 valence electrons. The lowest BCUT2D eigenvalue weighted by atomic mass is 10.3. The van der Waals surface area contributed by atoms with Crippen LogP contribution in [0.1, 0.15) is 0 Å². The second kappa shape index (κ2) is 3.53. The van der Waals surface area contributed by atoms with Crippen LogP contribution in [0.3, 0.4) is 0 Å². The van der Waals surface area contributed by atoms with Gasteiger partial charge in [-0.05, 0) is 0 Å². The first-order valence-electron chi connectivity index (χ1n) is 3.77. The second-order valence-electron chi connectivity index (χ2n) is 2.92. The monoisotopic (exact) mass is 172 g/mol. The van der Waals surface area contributed by atoms with Gasteiger partial charge >= 0.3 is 5.97 Å². The molecule has 0 aromatic carbocycles. The van der Waals surface area contributed by atoms with E-state index in [4.69, 9.17) is 5.11 Å². The summed E-state index contributed by atoms with van der Waals surface area (Å²) in [7, 11) is 1.72. The molecule has 0 atom stereocenters. The molecule has 1 aliphatic heterocycles. The molecule has 0 saturated carbocycles. The summed E-state index contributed by atoms with van der Waals surface area (Å²) in [6.07, 6.45) is 0. The van der Waals surface area contributed by atoms with E-state index in [-0.39, 0.29) is 19.0 Å². The number of likely N-dealkylation sites (N-methyl/N-ethyl adjacent to an activating group) is 1. The number of carbonyl (C=O) groups is 2. The van der Waals surface area contributed by atoms with Gasteiger partial charge < -0.3 is 10.0 Å². The minimum Gasteiger partial charge on any atom is -0.480 e. The second-order valence-corrected chi connectivity index (χ2v) is 2.92. The van der Waals surface area contributed by atoms with Crippen LogP contribution in [0.4, 0.5) is 0 Å². The van der Waals surface area contributed by atoms with Gasteiger partial charge in [0.2, 0.25) is 5.91 Å². The summed E-state index contributed by atoms with van der Waals surface area (Å²) in [6, 6.07) is 0. The molecule has 5 heteroatoms. The maximum absolute atomic E-state index is 11.1. The molecule has 1 amide bonds. The zero-order valence-corrected chi connectivity index (χ0v) is 6.99. The van der Waals surface area contributed by atoms with Crippen LogP contribution in [0.5, 0.6) is 0 Å². The average molecular weight is 172 g/mol. The van der Waals surface area contributed by atoms with Gasteiger partial charge in [0.05, 0.1) is 13.1 Å². The maximum atomic E-state index is 11.1. The Morgan fingerprint density at radius 3 is 2.75 bits per heavy atom. The predicted octanol–water partition coefficient (Wildman–Crippen LogP) is -1.15. The van der Waals surface area contributed by atoms with Crippen molar-refractivity contribution in [1.29, 1.82) is 0 Å². The first-order chi connectivity index (χ1) is 5.59. The van der Waals surface area contributed by atoms with Crippen LogP contribution < -0.4 is 0 Å². The van der Waals surface area contributed by atoms with E-state index < -0.39 is 5.97 Å². The standard InChI is InChI=1S/C7H12N2O3/c1-8-2-3-9(4-6(8)10)5-7(11)12/h2-5H2,1H3,(H,11,12). The zero-order valence-electron chi connectivity index (χ0n) is 6.99. The normalized spacial score (nSPS) is 19.8. The molecule has 1 saturated heterocycles. The minimum atomic E-state index is -0.882. The van der Waals surface area contributed by atoms with E-state index in [1.807, 2.05) is 0 Å². The van der Waals surface area contributed by atoms with Gasteiger partial charge in [-0.25, -0.2) is 0 Å². The summed E-state index contributed by atoms with van der Waals surface area (Å²) >= 11 is 0. The highest BCUT2D eigenvalue weighted by Crippen LogP contribution is 1.99. The van der Waals surface area contributed by atoms with Crippen molar-refractivity contribution in [2.45, 2.75) is 0 Å². The van der Waals surface area contributed by atoms with Crippen LogP contribution >= 0.6 is 0 Å². The number of hydrogen-bond donors (Lipinski definition) is 1. The van der Waals surface area contributed by atoms with Gasteiger partial charge in [-0.2, -0.15) is 0 Å². The van der Waals surface area contributed by atoms with Gasteiger partial charge in [-0.15, -0.1) is 0 Å². The third-order valence-electron chi connectivity index (χ3n) is 1.90. The van der Waals surface area contributed by atoms with Crippen LogP contribution in [0, 0.1) is 0 Å². The number of aliphatic carboxylic acids is 1. The van der Waals surface area contributed by atoms with Crippen LogP contribution in [0.15, 0.2) is 0 Å². The molecule has 12 heavy (non-hydrogen) atoms. The molecule has 0 radical (unpaired) electrons. The minimum absolute atomic E-state index is 0.0116. The third kappa shape index (κ3) is 2.20. The zero-order chi connectivity index (χ0) is 9.14. The predicted molar refractivity (Wildman–Crippen MR) is 41.7 cm³/mol. The first-order valence-corrected chi connectivity index (χ1v) is 3.77. The number of carboxylic acid groups (broad SMARTS) is 1. The van der Waals surface area contributed by atoms with E-state index in [9.17, 15) is 9.59 Å². The summed E-state index contributed by atoms with van der Waals surface area (Å²) in [5.41, 5.74) is 0. The van der Waals surface area contributed by atoms with Crippen molar-refractivity contribution >= 4 is 11.9 Å². The van der Waals surface area contributed by atoms with Gasteiger partial charge in [-0.3, -0.25) is 14.5 Å². The van der Waals surface area contributed by atoms with Gasteiger partial charge in [0.25, 0.3) is 0 Å². The van der Waals surface area contributed by atoms with Gasteiger partial charge in [0, 0.05) is 20.1 Å². The number of rotatable bonds is 2. The fraction of sp³-hybridized carbons (Fsp3) is 0.714. The Labute approximate surface area is 70.6 Å². The van der Waals surface area contributed by atoms with Crippen molar-refractivity contribution in [3.05, 3.63) is 0 Å². The van der Waals surface area contributed by atoms with E-state index in [0.717, 1.165) is 0 Å². The number of carbonyl (C=O) groups excluding carboxylic acids is 1. The molecular weight excluding hydrogens is 160 g/mol. The van der Waals surface area contributed by atoms with Gasteiger partial charge in [0.1, 0.15) is 0 Å². The number of nitrogens with zero attached hydrogens (tertiary/aromatic N) is 2. The summed E-state index contributed by atoms with van der Waals surface area (Å²) in [6.45, 7) is 1.45. The van der Waals surface area contributed by atoms with E-state index in [1.54, 1.807) is 16.8 Å². The number of piperazine rings is 1. The van der Waals surface area contributed by atoms with Crippen LogP contribution in [0.25, 0.3) is 0 Å². The van der Waals surface area contributed by atoms with Crippen molar-refractivity contribution in [1.82, 2.24) is 9.80 Å². The van der Waals surface area contributed by atoms with Crippen molar-refractivity contribution < 1.29 is 14.7 Å². The highest BCUT2D eigenvalue weighted by molar-refractivity contribution is 5.79. The summed E-state index contributed by atoms with van der Waals surface area (Å²) < 4.78 is 0. The van der Waals surface area contributed by atoms with Crippen LogP contribution in [0.2, 0.25) is 0 Å². The Kier molecular flexibility index (Phi) is 2.65. The quantitative estimate of drug-likeness (QED) is 0.571. The molecule has 0 aromatic heterocycles. The molecule has 0 aromatic rings. The molecule has 1 aliphatic rings. The third-order valence-corrected chi connectivity index (χ3v) is 1.90. The fourth-order valence-corrected chi connectivity index (χ4v) is 1.13. The van der Waals surface area contributed by atoms with Crippen LogP contribution in [-0.4, -0.2) is 60.0 Å². The van der Waals surface area contributed by atoms with Gasteiger partial charge in [-0.1, -0.05) is 0 Å². The molecule has 1 heterocycles. The molecule has 1 fully saturated rings. The SMILES string of the molecule is CN1CCN(CC(=O)O)CC1=O. The lowest BCUT2D eigenvalue weighted by molar-refractivity contribution is -0.141. The number of amides is 1. The fourth-order valence-electron chi connectivity index (χ4n) is 1.13. The van der Waals surface area contributed by atoms with Crippen molar-refractivity contribution in [2.24, 2.45) is 0 Å². The van der Waals surface area contributed by atoms with Gasteiger partial charge in [0.15, 0.2) is 0 Å². The van der Waals surface area contributed by atoms with E-state index >= 15 is 0 Å². The number of carboxylic acids is 1. The topological polar surface area (TPSA) is 60.9 Å². The van der Waals surface area contributed by atoms with Crippen molar-refractivity contribution in [3.8, 4) is 0 Å². The molecule has 0 aliphatic carbocycles. The molecular formula is C7H12N2O3. The van der Waals surface area contributed by atoms with E-state index in [0.29, 0.717) is 13.1 Å². The summed E-state index contributed by atoms with van der Waals surface area (Å²) in [4.78, 5) is 24.6. The lowest BCUT2D eigenvalue weighted by Crippen LogP contribution is -2.49. The molecule has 0 unspecified atom stereocenters. The Balaban J connectivity index is 2.40. The Morgan fingerprint density at radius 2 is 2.25 bits per heavy atom. The average Bonchev–Trinajstić information content (AvgIpc) is 1.96. The van der Waals surface area contributed by atoms with Crippen molar-refractivity contribution in [2.75, 3.05) is 33.2 Å². The van der Waals surface area contributed by atoms with E-state index in [2.05, 4.69) is 0 Å². The summed E-state index contributed by atoms with van der Waals surface area (Å²) in [5.74, 6) is -0.894. The van der Waals surface area contributed by atoms with Crippen LogP contribution in [-0.2, 0) is 9.59 Å². The number of hydrogen-bond acceptors (Lipinski definition) is 3. The highest BCUT2D eigenvalue weighted by atomic mass is 16.4. The van der Waals surface area contributed by atoms with E-state index in [1.165, 1.54) is 0 Å². The Hall–Kier alpha value is -1.10.